The summed E-state index contributed by atoms with van der Waals surface area (Å²) in [5, 5.41) is 13.1. The molecule has 0 spiro atoms. The Labute approximate surface area is 154 Å². The van der Waals surface area contributed by atoms with Gasteiger partial charge in [-0.25, -0.2) is 13.7 Å². The van der Waals surface area contributed by atoms with E-state index >= 15 is 0 Å². The zero-order valence-corrected chi connectivity index (χ0v) is 15.3. The van der Waals surface area contributed by atoms with E-state index in [0.29, 0.717) is 35.3 Å². The van der Waals surface area contributed by atoms with Crippen molar-refractivity contribution in [2.24, 2.45) is 0 Å². The van der Waals surface area contributed by atoms with Crippen molar-refractivity contribution in [3.8, 4) is 5.95 Å². The van der Waals surface area contributed by atoms with Crippen molar-refractivity contribution in [1.82, 2.24) is 24.7 Å². The average Bonchev–Trinajstić information content (AvgIpc) is 3.13. The van der Waals surface area contributed by atoms with Crippen LogP contribution in [0.25, 0.3) is 5.95 Å². The molecule has 0 saturated heterocycles. The van der Waals surface area contributed by atoms with Gasteiger partial charge < -0.3 is 5.84 Å². The molecule has 0 fully saturated rings. The summed E-state index contributed by atoms with van der Waals surface area (Å²) in [7, 11) is 0. The highest BCUT2D eigenvalue weighted by Gasteiger charge is 2.15. The number of nitrogen functional groups attached to an aromatic ring is 1. The van der Waals surface area contributed by atoms with Crippen LogP contribution in [0.1, 0.15) is 34.6 Å². The maximum Gasteiger partial charge on any atom is 0.271 e. The lowest BCUT2D eigenvalue weighted by Crippen LogP contribution is -2.17. The van der Waals surface area contributed by atoms with Crippen molar-refractivity contribution >= 4 is 17.5 Å². The Kier molecular flexibility index (Phi) is 5.36. The smallest absolute Gasteiger partial charge is 0.271 e. The molecule has 0 radical (unpaired) electrons. The number of carbonyl (C=O) groups excluding carboxylic acids is 1. The van der Waals surface area contributed by atoms with Crippen LogP contribution in [-0.4, -0.2) is 36.2 Å². The van der Waals surface area contributed by atoms with Crippen LogP contribution in [0.3, 0.4) is 0 Å². The fourth-order valence-electron chi connectivity index (χ4n) is 2.52. The van der Waals surface area contributed by atoms with Crippen molar-refractivity contribution in [2.75, 3.05) is 11.6 Å². The van der Waals surface area contributed by atoms with Crippen molar-refractivity contribution in [3.63, 3.8) is 0 Å². The molecule has 9 heteroatoms. The molecule has 0 bridgehead atoms. The number of Topliss-reactive ketones (excluding diaryl/α,β-unsaturated/α-hetero) is 1. The predicted molar refractivity (Wildman–Crippen MR) is 97.5 cm³/mol. The van der Waals surface area contributed by atoms with Gasteiger partial charge in [-0.15, -0.1) is 10.2 Å². The van der Waals surface area contributed by atoms with Gasteiger partial charge in [0.1, 0.15) is 5.82 Å². The first-order valence-corrected chi connectivity index (χ1v) is 9.10. The molecule has 2 heterocycles. The van der Waals surface area contributed by atoms with Crippen LogP contribution in [0.2, 0.25) is 0 Å². The van der Waals surface area contributed by atoms with Crippen molar-refractivity contribution in [1.29, 1.82) is 0 Å². The van der Waals surface area contributed by atoms with Crippen LogP contribution in [0, 0.1) is 19.7 Å². The molecule has 7 nitrogen and oxygen atoms in total. The van der Waals surface area contributed by atoms with Crippen LogP contribution in [-0.2, 0) is 0 Å². The quantitative estimate of drug-likeness (QED) is 0.296. The molecule has 0 saturated carbocycles. The van der Waals surface area contributed by atoms with Crippen molar-refractivity contribution in [3.05, 3.63) is 53.1 Å². The molecule has 2 aromatic heterocycles. The third kappa shape index (κ3) is 3.93. The fourth-order valence-corrected chi connectivity index (χ4v) is 3.31. The Hall–Kier alpha value is -2.68. The van der Waals surface area contributed by atoms with E-state index in [1.54, 1.807) is 4.68 Å². The van der Waals surface area contributed by atoms with E-state index in [4.69, 9.17) is 5.84 Å². The van der Waals surface area contributed by atoms with Gasteiger partial charge in [0.2, 0.25) is 5.16 Å². The Morgan fingerprint density at radius 2 is 1.96 bits per heavy atom. The summed E-state index contributed by atoms with van der Waals surface area (Å²) in [5.41, 5.74) is 2.31. The second-order valence-electron chi connectivity index (χ2n) is 5.87. The third-order valence-corrected chi connectivity index (χ3v) is 4.82. The van der Waals surface area contributed by atoms with Crippen LogP contribution in [0.4, 0.5) is 4.39 Å². The molecule has 0 unspecified atom stereocenters. The summed E-state index contributed by atoms with van der Waals surface area (Å²) in [6.45, 7) is 3.82. The number of rotatable bonds is 7. The summed E-state index contributed by atoms with van der Waals surface area (Å²) in [4.78, 5) is 12.1. The summed E-state index contributed by atoms with van der Waals surface area (Å²) < 4.78 is 15.9. The number of nitrogens with two attached hydrogens (primary N) is 1. The molecule has 0 atom stereocenters. The van der Waals surface area contributed by atoms with Gasteiger partial charge in [0.05, 0.1) is 5.69 Å². The first kappa shape index (κ1) is 18.1. The van der Waals surface area contributed by atoms with Gasteiger partial charge in [-0.3, -0.25) is 4.79 Å². The van der Waals surface area contributed by atoms with Crippen LogP contribution in [0.5, 0.6) is 0 Å². The molecule has 3 aromatic rings. The molecule has 0 aliphatic carbocycles. The Morgan fingerprint density at radius 3 is 2.62 bits per heavy atom. The summed E-state index contributed by atoms with van der Waals surface area (Å²) in [6, 6.07) is 7.52. The molecule has 0 aliphatic rings. The minimum Gasteiger partial charge on any atom is -0.334 e. The highest BCUT2D eigenvalue weighted by Crippen LogP contribution is 2.19. The van der Waals surface area contributed by atoms with Crippen LogP contribution in [0.15, 0.2) is 35.5 Å². The average molecular weight is 374 g/mol. The number of aryl methyl sites for hydroxylation is 2. The van der Waals surface area contributed by atoms with E-state index in [9.17, 15) is 9.18 Å². The second kappa shape index (κ2) is 7.69. The van der Waals surface area contributed by atoms with E-state index in [-0.39, 0.29) is 11.6 Å². The van der Waals surface area contributed by atoms with E-state index in [0.717, 1.165) is 11.4 Å². The van der Waals surface area contributed by atoms with Crippen molar-refractivity contribution < 1.29 is 9.18 Å². The molecule has 3 rings (SSSR count). The molecule has 1 aromatic carbocycles. The fraction of sp³-hybridized carbons (Fsp3) is 0.294. The first-order valence-electron chi connectivity index (χ1n) is 8.11. The van der Waals surface area contributed by atoms with Crippen LogP contribution < -0.4 is 5.84 Å². The van der Waals surface area contributed by atoms with Gasteiger partial charge >= 0.3 is 0 Å². The maximum absolute atomic E-state index is 12.9. The summed E-state index contributed by atoms with van der Waals surface area (Å²) in [5.74, 6) is 6.82. The Balaban J connectivity index is 1.55. The number of ketones is 1. The molecular weight excluding hydrogens is 355 g/mol. The number of nitrogens with zero attached hydrogens (tertiary/aromatic N) is 5. The van der Waals surface area contributed by atoms with Gasteiger partial charge in [-0.2, -0.15) is 5.10 Å². The summed E-state index contributed by atoms with van der Waals surface area (Å²) >= 11 is 1.43. The molecular formula is C17H19FN6OS. The van der Waals surface area contributed by atoms with Gasteiger partial charge in [-0.05, 0) is 50.6 Å². The standard InChI is InChI=1S/C17H19FN6OS/c1-11-10-12(2)24(22-11)16-20-21-17(23(16)19)26-9-3-4-15(25)13-5-7-14(18)8-6-13/h5-8,10H,3-4,9,19H2,1-2H3. The van der Waals surface area contributed by atoms with E-state index in [1.165, 1.54) is 40.7 Å². The zero-order valence-electron chi connectivity index (χ0n) is 14.5. The third-order valence-electron chi connectivity index (χ3n) is 3.79. The summed E-state index contributed by atoms with van der Waals surface area (Å²) in [6.07, 6.45) is 1.03. The highest BCUT2D eigenvalue weighted by atomic mass is 32.2. The number of carbonyl (C=O) groups is 1. The number of halogens is 1. The van der Waals surface area contributed by atoms with Crippen LogP contribution >= 0.6 is 11.8 Å². The molecule has 0 amide bonds. The molecule has 136 valence electrons. The first-order chi connectivity index (χ1) is 12.5. The number of hydrogen-bond donors (Lipinski definition) is 1. The Bertz CT molecular complexity index is 918. The van der Waals surface area contributed by atoms with Gasteiger partial charge in [-0.1, -0.05) is 11.8 Å². The van der Waals surface area contributed by atoms with Gasteiger partial charge in [0.25, 0.3) is 5.95 Å². The van der Waals surface area contributed by atoms with Gasteiger partial charge in [0, 0.05) is 23.4 Å². The van der Waals surface area contributed by atoms with Crippen molar-refractivity contribution in [2.45, 2.75) is 31.8 Å². The Morgan fingerprint density at radius 1 is 1.23 bits per heavy atom. The monoisotopic (exact) mass is 374 g/mol. The topological polar surface area (TPSA) is 91.6 Å². The van der Waals surface area contributed by atoms with E-state index < -0.39 is 0 Å². The lowest BCUT2D eigenvalue weighted by Gasteiger charge is -2.05. The predicted octanol–water partition coefficient (Wildman–Crippen LogP) is 2.69. The van der Waals surface area contributed by atoms with E-state index in [2.05, 4.69) is 15.3 Å². The lowest BCUT2D eigenvalue weighted by atomic mass is 10.1. The number of thioether (sulfide) groups is 1. The highest BCUT2D eigenvalue weighted by molar-refractivity contribution is 7.99. The largest absolute Gasteiger partial charge is 0.334 e. The SMILES string of the molecule is Cc1cc(C)n(-c2nnc(SCCCC(=O)c3ccc(F)cc3)n2N)n1. The molecule has 26 heavy (non-hydrogen) atoms. The minimum atomic E-state index is -0.349. The molecule has 0 aliphatic heterocycles. The normalized spacial score (nSPS) is 11.0. The number of aromatic nitrogens is 5. The number of hydrogen-bond acceptors (Lipinski definition) is 6. The molecule has 2 N–H and O–H groups in total. The van der Waals surface area contributed by atoms with Gasteiger partial charge in [0.15, 0.2) is 5.78 Å². The maximum atomic E-state index is 12.9. The van der Waals surface area contributed by atoms with E-state index in [1.807, 2.05) is 19.9 Å². The minimum absolute atomic E-state index is 0.0110. The zero-order chi connectivity index (χ0) is 18.7. The number of benzene rings is 1. The second-order valence-corrected chi connectivity index (χ2v) is 6.94. The lowest BCUT2D eigenvalue weighted by molar-refractivity contribution is 0.0982.